The van der Waals surface area contributed by atoms with E-state index in [0.717, 1.165) is 17.7 Å². The van der Waals surface area contributed by atoms with Crippen LogP contribution in [0.15, 0.2) is 35.1 Å². The summed E-state index contributed by atoms with van der Waals surface area (Å²) in [4.78, 5) is 25.3. The Kier molecular flexibility index (Phi) is 6.59. The number of benzene rings is 1. The Balaban J connectivity index is 1.90. The Morgan fingerprint density at radius 1 is 1.27 bits per heavy atom. The standard InChI is InChI=1S/C23H30N4O3/c1-15(2)12-13-24-21(28)11-10-17-16(3)26(4)22-14-19(25-27(22)23(17)29)18-8-6-7-9-20(18)30-5/h6-9,14-15H,10-13H2,1-5H3,(H,24,28). The number of aryl methyl sites for hydroxylation is 1. The molecule has 2 heterocycles. The average molecular weight is 411 g/mol. The van der Waals surface area contributed by atoms with Crippen LogP contribution in [0.3, 0.4) is 0 Å². The number of fused-ring (bicyclic) bond motifs is 1. The Morgan fingerprint density at radius 3 is 2.70 bits per heavy atom. The summed E-state index contributed by atoms with van der Waals surface area (Å²) in [6.45, 7) is 6.81. The lowest BCUT2D eigenvalue weighted by Crippen LogP contribution is -2.28. The number of nitrogens with one attached hydrogen (secondary N) is 1. The molecule has 0 spiro atoms. The van der Waals surface area contributed by atoms with E-state index in [9.17, 15) is 9.59 Å². The van der Waals surface area contributed by atoms with Crippen molar-refractivity contribution in [3.63, 3.8) is 0 Å². The maximum atomic E-state index is 13.1. The number of carbonyl (C=O) groups excluding carboxylic acids is 1. The number of ether oxygens (including phenoxy) is 1. The molecule has 0 unspecified atom stereocenters. The molecule has 1 N–H and O–H groups in total. The van der Waals surface area contributed by atoms with Gasteiger partial charge in [0.1, 0.15) is 11.4 Å². The zero-order chi connectivity index (χ0) is 21.8. The number of hydrogen-bond acceptors (Lipinski definition) is 4. The first-order chi connectivity index (χ1) is 14.3. The molecule has 0 saturated heterocycles. The van der Waals surface area contributed by atoms with Gasteiger partial charge >= 0.3 is 0 Å². The van der Waals surface area contributed by atoms with Crippen molar-refractivity contribution in [3.05, 3.63) is 51.9 Å². The van der Waals surface area contributed by atoms with Gasteiger partial charge in [-0.25, -0.2) is 0 Å². The van der Waals surface area contributed by atoms with E-state index in [1.54, 1.807) is 7.11 Å². The molecule has 0 saturated carbocycles. The minimum Gasteiger partial charge on any atom is -0.496 e. The fourth-order valence-corrected chi connectivity index (χ4v) is 3.52. The summed E-state index contributed by atoms with van der Waals surface area (Å²) in [5.74, 6) is 1.21. The van der Waals surface area contributed by atoms with E-state index in [1.165, 1.54) is 4.52 Å². The smallest absolute Gasteiger partial charge is 0.277 e. The van der Waals surface area contributed by atoms with Gasteiger partial charge < -0.3 is 14.6 Å². The van der Waals surface area contributed by atoms with Crippen molar-refractivity contribution in [2.75, 3.05) is 13.7 Å². The summed E-state index contributed by atoms with van der Waals surface area (Å²) in [7, 11) is 3.52. The average Bonchev–Trinajstić information content (AvgIpc) is 3.17. The van der Waals surface area contributed by atoms with E-state index in [2.05, 4.69) is 24.3 Å². The largest absolute Gasteiger partial charge is 0.496 e. The number of amides is 1. The molecular formula is C23H30N4O3. The van der Waals surface area contributed by atoms with Gasteiger partial charge in [0.05, 0.1) is 12.8 Å². The van der Waals surface area contributed by atoms with E-state index in [-0.39, 0.29) is 17.9 Å². The molecule has 0 aliphatic heterocycles. The summed E-state index contributed by atoms with van der Waals surface area (Å²) in [5, 5.41) is 7.48. The third-order valence-electron chi connectivity index (χ3n) is 5.45. The molecule has 7 nitrogen and oxygen atoms in total. The van der Waals surface area contributed by atoms with Crippen molar-refractivity contribution >= 4 is 11.6 Å². The van der Waals surface area contributed by atoms with E-state index in [0.29, 0.717) is 41.5 Å². The first kappa shape index (κ1) is 21.6. The molecule has 0 atom stereocenters. The third kappa shape index (κ3) is 4.40. The highest BCUT2D eigenvalue weighted by atomic mass is 16.5. The lowest BCUT2D eigenvalue weighted by atomic mass is 10.1. The van der Waals surface area contributed by atoms with Gasteiger partial charge in [0.2, 0.25) is 5.91 Å². The second-order valence-electron chi connectivity index (χ2n) is 7.96. The number of hydrogen-bond donors (Lipinski definition) is 1. The molecule has 3 aromatic rings. The van der Waals surface area contributed by atoms with Crippen molar-refractivity contribution < 1.29 is 9.53 Å². The van der Waals surface area contributed by atoms with Gasteiger partial charge in [-0.05, 0) is 37.8 Å². The number of aromatic nitrogens is 3. The van der Waals surface area contributed by atoms with E-state index in [4.69, 9.17) is 4.74 Å². The van der Waals surface area contributed by atoms with Crippen molar-refractivity contribution in [2.24, 2.45) is 13.0 Å². The number of carbonyl (C=O) groups is 1. The first-order valence-electron chi connectivity index (χ1n) is 10.3. The number of rotatable bonds is 8. The Bertz CT molecular complexity index is 1110. The molecule has 1 aromatic carbocycles. The maximum absolute atomic E-state index is 13.1. The summed E-state index contributed by atoms with van der Waals surface area (Å²) in [6, 6.07) is 9.47. The second-order valence-corrected chi connectivity index (χ2v) is 7.96. The second kappa shape index (κ2) is 9.15. The SMILES string of the molecule is COc1ccccc1-c1cc2n(C)c(C)c(CCC(=O)NCCC(C)C)c(=O)n2n1. The molecular weight excluding hydrogens is 380 g/mol. The minimum absolute atomic E-state index is 0.0348. The highest BCUT2D eigenvalue weighted by Crippen LogP contribution is 2.29. The fourth-order valence-electron chi connectivity index (χ4n) is 3.52. The molecule has 3 rings (SSSR count). The Labute approximate surface area is 176 Å². The van der Waals surface area contributed by atoms with Crippen LogP contribution in [0.5, 0.6) is 5.75 Å². The summed E-state index contributed by atoms with van der Waals surface area (Å²) < 4.78 is 8.80. The van der Waals surface area contributed by atoms with Crippen LogP contribution >= 0.6 is 0 Å². The highest BCUT2D eigenvalue weighted by molar-refractivity contribution is 5.76. The van der Waals surface area contributed by atoms with Crippen LogP contribution in [-0.4, -0.2) is 33.7 Å². The van der Waals surface area contributed by atoms with Crippen LogP contribution in [0.4, 0.5) is 0 Å². The van der Waals surface area contributed by atoms with E-state index in [1.807, 2.05) is 48.9 Å². The van der Waals surface area contributed by atoms with Crippen LogP contribution in [0.1, 0.15) is 37.9 Å². The lowest BCUT2D eigenvalue weighted by Gasteiger charge is -2.12. The predicted octanol–water partition coefficient (Wildman–Crippen LogP) is 3.11. The molecule has 2 aromatic heterocycles. The maximum Gasteiger partial charge on any atom is 0.277 e. The summed E-state index contributed by atoms with van der Waals surface area (Å²) >= 11 is 0. The minimum atomic E-state index is -0.184. The number of para-hydroxylation sites is 1. The quantitative estimate of drug-likeness (QED) is 0.619. The van der Waals surface area contributed by atoms with Crippen molar-refractivity contribution in [3.8, 4) is 17.0 Å². The topological polar surface area (TPSA) is 77.6 Å². The highest BCUT2D eigenvalue weighted by Gasteiger charge is 2.17. The van der Waals surface area contributed by atoms with Crippen molar-refractivity contribution in [2.45, 2.75) is 40.0 Å². The van der Waals surface area contributed by atoms with Gasteiger partial charge in [0.15, 0.2) is 0 Å². The summed E-state index contributed by atoms with van der Waals surface area (Å²) in [5.41, 5.74) is 3.46. The van der Waals surface area contributed by atoms with Gasteiger partial charge in [0, 0.05) is 42.9 Å². The molecule has 160 valence electrons. The van der Waals surface area contributed by atoms with E-state index < -0.39 is 0 Å². The van der Waals surface area contributed by atoms with Crippen LogP contribution in [0.2, 0.25) is 0 Å². The molecule has 7 heteroatoms. The number of nitrogens with zero attached hydrogens (tertiary/aromatic N) is 3. The first-order valence-corrected chi connectivity index (χ1v) is 10.3. The van der Waals surface area contributed by atoms with Crippen LogP contribution in [-0.2, 0) is 18.3 Å². The molecule has 1 amide bonds. The van der Waals surface area contributed by atoms with Crippen LogP contribution in [0.25, 0.3) is 16.9 Å². The Morgan fingerprint density at radius 2 is 2.00 bits per heavy atom. The van der Waals surface area contributed by atoms with Crippen molar-refractivity contribution in [1.29, 1.82) is 0 Å². The van der Waals surface area contributed by atoms with Crippen LogP contribution < -0.4 is 15.6 Å². The van der Waals surface area contributed by atoms with Gasteiger partial charge in [-0.15, -0.1) is 0 Å². The number of methoxy groups -OCH3 is 1. The molecule has 0 radical (unpaired) electrons. The molecule has 30 heavy (non-hydrogen) atoms. The molecule has 0 bridgehead atoms. The lowest BCUT2D eigenvalue weighted by molar-refractivity contribution is -0.121. The third-order valence-corrected chi connectivity index (χ3v) is 5.45. The monoisotopic (exact) mass is 410 g/mol. The molecule has 0 fully saturated rings. The van der Waals surface area contributed by atoms with Crippen LogP contribution in [0, 0.1) is 12.8 Å². The van der Waals surface area contributed by atoms with Gasteiger partial charge in [0.25, 0.3) is 5.56 Å². The zero-order valence-electron chi connectivity index (χ0n) is 18.4. The molecule has 0 aliphatic rings. The van der Waals surface area contributed by atoms with E-state index >= 15 is 0 Å². The van der Waals surface area contributed by atoms with Gasteiger partial charge in [-0.1, -0.05) is 26.0 Å². The van der Waals surface area contributed by atoms with Crippen molar-refractivity contribution in [1.82, 2.24) is 19.5 Å². The fraction of sp³-hybridized carbons (Fsp3) is 0.435. The Hall–Kier alpha value is -3.09. The van der Waals surface area contributed by atoms with Gasteiger partial charge in [-0.3, -0.25) is 9.59 Å². The predicted molar refractivity (Wildman–Crippen MR) is 118 cm³/mol. The van der Waals surface area contributed by atoms with Gasteiger partial charge in [-0.2, -0.15) is 9.61 Å². The summed E-state index contributed by atoms with van der Waals surface area (Å²) in [6.07, 6.45) is 1.60. The molecule has 0 aliphatic carbocycles. The normalized spacial score (nSPS) is 11.3. The zero-order valence-corrected chi connectivity index (χ0v) is 18.4.